The molecule has 0 aliphatic rings. The Labute approximate surface area is 178 Å². The van der Waals surface area contributed by atoms with Crippen LogP contribution in [0, 0.1) is 0 Å². The van der Waals surface area contributed by atoms with E-state index in [-0.39, 0.29) is 11.6 Å². The lowest BCUT2D eigenvalue weighted by Crippen LogP contribution is -2.47. The molecule has 0 heterocycles. The Kier molecular flexibility index (Phi) is 6.11. The van der Waals surface area contributed by atoms with Crippen molar-refractivity contribution in [2.45, 2.75) is 64.5 Å². The molecule has 4 N–H and O–H groups in total. The highest BCUT2D eigenvalue weighted by Crippen LogP contribution is 2.32. The Morgan fingerprint density at radius 3 is 1.30 bits per heavy atom. The zero-order valence-corrected chi connectivity index (χ0v) is 18.4. The fourth-order valence-electron chi connectivity index (χ4n) is 4.13. The van der Waals surface area contributed by atoms with Gasteiger partial charge < -0.3 is 11.5 Å². The van der Waals surface area contributed by atoms with Crippen LogP contribution in [0.25, 0.3) is 21.5 Å². The van der Waals surface area contributed by atoms with Crippen LogP contribution in [0.3, 0.4) is 0 Å². The van der Waals surface area contributed by atoms with E-state index in [4.69, 9.17) is 11.5 Å². The van der Waals surface area contributed by atoms with Crippen LogP contribution >= 0.6 is 0 Å². The lowest BCUT2D eigenvalue weighted by atomic mass is 9.82. The van der Waals surface area contributed by atoms with Crippen molar-refractivity contribution in [3.8, 4) is 0 Å². The molecule has 4 heteroatoms. The molecule has 0 unspecified atom stereocenters. The number of ketones is 2. The zero-order valence-electron chi connectivity index (χ0n) is 18.4. The molecule has 0 aliphatic carbocycles. The minimum atomic E-state index is -0.873. The third-order valence-electron chi connectivity index (χ3n) is 6.80. The summed E-state index contributed by atoms with van der Waals surface area (Å²) < 4.78 is 0. The van der Waals surface area contributed by atoms with Gasteiger partial charge in [0.05, 0.1) is 11.1 Å². The number of benzene rings is 3. The molecule has 0 saturated heterocycles. The van der Waals surface area contributed by atoms with Crippen molar-refractivity contribution < 1.29 is 9.59 Å². The highest BCUT2D eigenvalue weighted by atomic mass is 16.1. The fraction of sp³-hybridized carbons (Fsp3) is 0.385. The van der Waals surface area contributed by atoms with Gasteiger partial charge in [-0.3, -0.25) is 9.59 Å². The van der Waals surface area contributed by atoms with Gasteiger partial charge >= 0.3 is 0 Å². The molecule has 0 fully saturated rings. The van der Waals surface area contributed by atoms with E-state index in [9.17, 15) is 9.59 Å². The first-order valence-corrected chi connectivity index (χ1v) is 10.9. The first kappa shape index (κ1) is 22.1. The van der Waals surface area contributed by atoms with Crippen LogP contribution in [0.2, 0.25) is 0 Å². The van der Waals surface area contributed by atoms with Crippen LogP contribution < -0.4 is 11.5 Å². The zero-order chi connectivity index (χ0) is 22.1. The second-order valence-corrected chi connectivity index (χ2v) is 8.29. The average molecular weight is 405 g/mol. The Bertz CT molecular complexity index is 1020. The fourth-order valence-corrected chi connectivity index (χ4v) is 4.13. The summed E-state index contributed by atoms with van der Waals surface area (Å²) in [4.78, 5) is 26.5. The lowest BCUT2D eigenvalue weighted by Gasteiger charge is -2.26. The topological polar surface area (TPSA) is 86.2 Å². The first-order chi connectivity index (χ1) is 14.2. The van der Waals surface area contributed by atoms with Gasteiger partial charge in [0.15, 0.2) is 11.6 Å². The number of nitrogens with two attached hydrogens (primary N) is 2. The molecule has 0 bridgehead atoms. The highest BCUT2D eigenvalue weighted by Gasteiger charge is 2.33. The van der Waals surface area contributed by atoms with Gasteiger partial charge in [0.2, 0.25) is 0 Å². The van der Waals surface area contributed by atoms with Crippen LogP contribution in [0.5, 0.6) is 0 Å². The van der Waals surface area contributed by atoms with E-state index < -0.39 is 11.1 Å². The van der Waals surface area contributed by atoms with E-state index in [0.717, 1.165) is 21.5 Å². The van der Waals surface area contributed by atoms with Crippen LogP contribution in [0.15, 0.2) is 48.5 Å². The van der Waals surface area contributed by atoms with Crippen molar-refractivity contribution in [2.24, 2.45) is 11.5 Å². The van der Waals surface area contributed by atoms with E-state index >= 15 is 0 Å². The minimum Gasteiger partial charge on any atom is -0.319 e. The number of hydrogen-bond acceptors (Lipinski definition) is 4. The van der Waals surface area contributed by atoms with Gasteiger partial charge in [0.1, 0.15) is 0 Å². The van der Waals surface area contributed by atoms with Crippen LogP contribution in [0.4, 0.5) is 0 Å². The molecule has 0 atom stereocenters. The van der Waals surface area contributed by atoms with E-state index in [1.54, 1.807) is 0 Å². The quantitative estimate of drug-likeness (QED) is 0.389. The Balaban J connectivity index is 2.25. The third kappa shape index (κ3) is 3.55. The van der Waals surface area contributed by atoms with Crippen molar-refractivity contribution >= 4 is 33.1 Å². The molecule has 3 aromatic rings. The van der Waals surface area contributed by atoms with Gasteiger partial charge in [0.25, 0.3) is 0 Å². The number of Topliss-reactive ketones (excluding diaryl/α,β-unsaturated/α-hetero) is 2. The molecular formula is C26H32N2O2. The minimum absolute atomic E-state index is 0.0392. The van der Waals surface area contributed by atoms with E-state index in [0.29, 0.717) is 36.8 Å². The number of hydrogen-bond donors (Lipinski definition) is 2. The molecule has 4 nitrogen and oxygen atoms in total. The maximum Gasteiger partial charge on any atom is 0.183 e. The molecule has 0 aromatic heterocycles. The molecule has 0 aliphatic heterocycles. The summed E-state index contributed by atoms with van der Waals surface area (Å²) in [5.74, 6) is -0.0785. The Hall–Kier alpha value is -2.56. The van der Waals surface area contributed by atoms with Crippen molar-refractivity contribution in [2.75, 3.05) is 0 Å². The van der Waals surface area contributed by atoms with Crippen LogP contribution in [-0.4, -0.2) is 22.6 Å². The number of fused-ring (bicyclic) bond motifs is 2. The average Bonchev–Trinajstić information content (AvgIpc) is 2.79. The summed E-state index contributed by atoms with van der Waals surface area (Å²) >= 11 is 0. The predicted molar refractivity (Wildman–Crippen MR) is 125 cm³/mol. The Morgan fingerprint density at radius 1 is 0.667 bits per heavy atom. The van der Waals surface area contributed by atoms with Gasteiger partial charge in [-0.2, -0.15) is 0 Å². The molecule has 0 saturated carbocycles. The summed E-state index contributed by atoms with van der Waals surface area (Å²) in [5.41, 5.74) is 12.3. The summed E-state index contributed by atoms with van der Waals surface area (Å²) in [6.45, 7) is 7.78. The number of carbonyl (C=O) groups is 2. The van der Waals surface area contributed by atoms with Gasteiger partial charge in [-0.15, -0.1) is 0 Å². The van der Waals surface area contributed by atoms with E-state index in [1.807, 2.05) is 76.2 Å². The van der Waals surface area contributed by atoms with Crippen molar-refractivity contribution in [1.29, 1.82) is 0 Å². The monoisotopic (exact) mass is 404 g/mol. The normalized spacial score (nSPS) is 12.5. The molecule has 30 heavy (non-hydrogen) atoms. The molecule has 3 aromatic carbocycles. The second kappa shape index (κ2) is 8.29. The molecule has 3 rings (SSSR count). The van der Waals surface area contributed by atoms with Crippen LogP contribution in [0.1, 0.15) is 74.1 Å². The molecule has 158 valence electrons. The highest BCUT2D eigenvalue weighted by molar-refractivity contribution is 6.18. The van der Waals surface area contributed by atoms with E-state index in [2.05, 4.69) is 0 Å². The lowest BCUT2D eigenvalue weighted by molar-refractivity contribution is 0.0874. The standard InChI is InChI=1S/C26H32N2O2/c1-5-25(27,6-2)23(29)19-13-9-11-17-16-22-18(15-21(17)19)12-10-14-20(22)24(30)26(28,7-3)8-4/h9-16H,5-8,27-28H2,1-4H3. The smallest absolute Gasteiger partial charge is 0.183 e. The SMILES string of the molecule is CCC(N)(CC)C(=O)c1cccc2cc3c(C(=O)C(N)(CC)CC)cccc3cc12. The number of carbonyl (C=O) groups excluding carboxylic acids is 2. The van der Waals surface area contributed by atoms with Gasteiger partial charge in [-0.25, -0.2) is 0 Å². The molecule has 0 spiro atoms. The van der Waals surface area contributed by atoms with Gasteiger partial charge in [0, 0.05) is 11.1 Å². The summed E-state index contributed by atoms with van der Waals surface area (Å²) in [6, 6.07) is 15.4. The van der Waals surface area contributed by atoms with Crippen molar-refractivity contribution in [3.05, 3.63) is 59.7 Å². The van der Waals surface area contributed by atoms with Gasteiger partial charge in [-0.05, 0) is 59.4 Å². The maximum absolute atomic E-state index is 13.3. The maximum atomic E-state index is 13.3. The van der Waals surface area contributed by atoms with Crippen LogP contribution in [-0.2, 0) is 0 Å². The summed E-state index contributed by atoms with van der Waals surface area (Å²) in [5, 5.41) is 3.56. The Morgan fingerprint density at radius 2 is 1.00 bits per heavy atom. The summed E-state index contributed by atoms with van der Waals surface area (Å²) in [6.07, 6.45) is 2.32. The second-order valence-electron chi connectivity index (χ2n) is 8.29. The molecular weight excluding hydrogens is 372 g/mol. The largest absolute Gasteiger partial charge is 0.319 e. The number of rotatable bonds is 8. The van der Waals surface area contributed by atoms with E-state index in [1.165, 1.54) is 0 Å². The van der Waals surface area contributed by atoms with Crippen molar-refractivity contribution in [3.63, 3.8) is 0 Å². The molecule has 0 amide bonds. The first-order valence-electron chi connectivity index (χ1n) is 10.9. The van der Waals surface area contributed by atoms with Crippen molar-refractivity contribution in [1.82, 2.24) is 0 Å². The third-order valence-corrected chi connectivity index (χ3v) is 6.80. The molecule has 0 radical (unpaired) electrons. The summed E-state index contributed by atoms with van der Waals surface area (Å²) in [7, 11) is 0. The van der Waals surface area contributed by atoms with Gasteiger partial charge in [-0.1, -0.05) is 64.1 Å². The predicted octanol–water partition coefficient (Wildman–Crippen LogP) is 5.39.